The fraction of sp³-hybridized carbons (Fsp3) is 0.933. The van der Waals surface area contributed by atoms with Crippen LogP contribution in [0.3, 0.4) is 0 Å². The molecule has 2 atom stereocenters. The Morgan fingerprint density at radius 1 is 1.23 bits per heavy atom. The molecular weight excluding hydrogens is 297 g/mol. The quantitative estimate of drug-likeness (QED) is 0.834. The fourth-order valence-corrected chi connectivity index (χ4v) is 3.34. The molecule has 1 heterocycles. The minimum absolute atomic E-state index is 0.0333. The zero-order valence-electron chi connectivity index (χ0n) is 12.9. The molecule has 1 saturated heterocycles. The Hall–Kier alpha value is -0.980. The maximum atomic E-state index is 12.6. The van der Waals surface area contributed by atoms with Gasteiger partial charge in [-0.15, -0.1) is 0 Å². The van der Waals surface area contributed by atoms with Gasteiger partial charge in [-0.2, -0.15) is 13.2 Å². The summed E-state index contributed by atoms with van der Waals surface area (Å²) < 4.78 is 43.4. The van der Waals surface area contributed by atoms with Crippen molar-refractivity contribution in [1.29, 1.82) is 0 Å². The van der Waals surface area contributed by atoms with Crippen molar-refractivity contribution in [3.8, 4) is 0 Å². The molecule has 128 valence electrons. The first-order valence-electron chi connectivity index (χ1n) is 8.15. The topological polar surface area (TPSA) is 50.4 Å². The van der Waals surface area contributed by atoms with Crippen molar-refractivity contribution < 1.29 is 22.7 Å². The van der Waals surface area contributed by atoms with E-state index in [0.29, 0.717) is 12.8 Å². The van der Waals surface area contributed by atoms with E-state index in [4.69, 9.17) is 4.74 Å². The monoisotopic (exact) mass is 322 g/mol. The van der Waals surface area contributed by atoms with Crippen LogP contribution in [-0.2, 0) is 4.74 Å². The van der Waals surface area contributed by atoms with Gasteiger partial charge in [-0.25, -0.2) is 4.79 Å². The number of ether oxygens (including phenoxy) is 1. The lowest BCUT2D eigenvalue weighted by Crippen LogP contribution is -2.50. The van der Waals surface area contributed by atoms with Crippen molar-refractivity contribution in [3.63, 3.8) is 0 Å². The minimum Gasteiger partial charge on any atom is -0.376 e. The molecule has 2 amide bonds. The van der Waals surface area contributed by atoms with Gasteiger partial charge in [0.1, 0.15) is 0 Å². The Balaban J connectivity index is 1.73. The van der Waals surface area contributed by atoms with Gasteiger partial charge in [0.15, 0.2) is 0 Å². The van der Waals surface area contributed by atoms with E-state index in [2.05, 4.69) is 10.6 Å². The van der Waals surface area contributed by atoms with Gasteiger partial charge >= 0.3 is 12.2 Å². The Morgan fingerprint density at radius 2 is 1.91 bits per heavy atom. The number of carbonyl (C=O) groups is 1. The lowest BCUT2D eigenvalue weighted by molar-refractivity contribution is -0.182. The van der Waals surface area contributed by atoms with Crippen molar-refractivity contribution in [2.45, 2.75) is 76.2 Å². The molecule has 2 aliphatic rings. The third-order valence-electron chi connectivity index (χ3n) is 4.70. The first-order valence-corrected chi connectivity index (χ1v) is 8.15. The number of amides is 2. The Kier molecular flexibility index (Phi) is 5.94. The zero-order valence-corrected chi connectivity index (χ0v) is 12.9. The molecule has 1 aliphatic heterocycles. The molecule has 22 heavy (non-hydrogen) atoms. The first kappa shape index (κ1) is 17.4. The average Bonchev–Trinajstić information content (AvgIpc) is 2.98. The summed E-state index contributed by atoms with van der Waals surface area (Å²) >= 11 is 0. The maximum Gasteiger partial charge on any atom is 0.391 e. The standard InChI is InChI=1S/C15H25F3N2O2/c1-2-12(13-4-3-9-22-13)20-14(21)19-11-7-5-10(6-8-11)15(16,17)18/h10-13H,2-9H2,1H3,(H2,19,20,21)/t10?,11?,12-,13-/m0/s1. The predicted molar refractivity (Wildman–Crippen MR) is 76.5 cm³/mol. The molecule has 2 rings (SSSR count). The molecule has 0 radical (unpaired) electrons. The molecule has 0 bridgehead atoms. The van der Waals surface area contributed by atoms with Crippen molar-refractivity contribution in [2.24, 2.45) is 5.92 Å². The van der Waals surface area contributed by atoms with Crippen molar-refractivity contribution >= 4 is 6.03 Å². The summed E-state index contributed by atoms with van der Waals surface area (Å²) in [6.07, 6.45) is -0.380. The van der Waals surface area contributed by atoms with E-state index in [1.807, 2.05) is 6.92 Å². The highest BCUT2D eigenvalue weighted by Gasteiger charge is 2.41. The molecule has 1 saturated carbocycles. The van der Waals surface area contributed by atoms with Crippen molar-refractivity contribution in [3.05, 3.63) is 0 Å². The van der Waals surface area contributed by atoms with E-state index in [9.17, 15) is 18.0 Å². The largest absolute Gasteiger partial charge is 0.391 e. The van der Waals surface area contributed by atoms with Crippen LogP contribution in [0.25, 0.3) is 0 Å². The molecule has 0 aromatic carbocycles. The molecule has 2 fully saturated rings. The van der Waals surface area contributed by atoms with E-state index in [-0.39, 0.29) is 37.1 Å². The van der Waals surface area contributed by atoms with Gasteiger partial charge in [-0.05, 0) is 44.9 Å². The molecule has 4 nitrogen and oxygen atoms in total. The van der Waals surface area contributed by atoms with Crippen LogP contribution >= 0.6 is 0 Å². The van der Waals surface area contributed by atoms with Crippen molar-refractivity contribution in [2.75, 3.05) is 6.61 Å². The van der Waals surface area contributed by atoms with Crippen LogP contribution in [0, 0.1) is 5.92 Å². The summed E-state index contributed by atoms with van der Waals surface area (Å²) in [4.78, 5) is 12.0. The van der Waals surface area contributed by atoms with Crippen molar-refractivity contribution in [1.82, 2.24) is 10.6 Å². The van der Waals surface area contributed by atoms with Gasteiger partial charge < -0.3 is 15.4 Å². The number of alkyl halides is 3. The molecule has 0 spiro atoms. The molecule has 0 unspecified atom stereocenters. The smallest absolute Gasteiger partial charge is 0.376 e. The first-order chi connectivity index (χ1) is 10.4. The van der Waals surface area contributed by atoms with Gasteiger partial charge in [0.2, 0.25) is 0 Å². The number of nitrogens with one attached hydrogen (secondary N) is 2. The number of urea groups is 1. The molecule has 0 aromatic heterocycles. The summed E-state index contributed by atoms with van der Waals surface area (Å²) in [5.74, 6) is -1.22. The number of hydrogen-bond donors (Lipinski definition) is 2. The van der Waals surface area contributed by atoms with E-state index in [1.165, 1.54) is 0 Å². The summed E-state index contributed by atoms with van der Waals surface area (Å²) in [6.45, 7) is 2.72. The van der Waals surface area contributed by atoms with Crippen LogP contribution in [0.4, 0.5) is 18.0 Å². The van der Waals surface area contributed by atoms with E-state index in [1.54, 1.807) is 0 Å². The third-order valence-corrected chi connectivity index (χ3v) is 4.70. The van der Waals surface area contributed by atoms with Crippen LogP contribution < -0.4 is 10.6 Å². The highest BCUT2D eigenvalue weighted by molar-refractivity contribution is 5.74. The number of hydrogen-bond acceptors (Lipinski definition) is 2. The van der Waals surface area contributed by atoms with Gasteiger partial charge in [0.05, 0.1) is 18.1 Å². The second kappa shape index (κ2) is 7.53. The van der Waals surface area contributed by atoms with Crippen LogP contribution in [0.15, 0.2) is 0 Å². The van der Waals surface area contributed by atoms with E-state index in [0.717, 1.165) is 25.9 Å². The minimum atomic E-state index is -4.11. The van der Waals surface area contributed by atoms with Gasteiger partial charge in [0.25, 0.3) is 0 Å². The fourth-order valence-electron chi connectivity index (χ4n) is 3.34. The summed E-state index contributed by atoms with van der Waals surface area (Å²) in [5, 5.41) is 5.71. The van der Waals surface area contributed by atoms with E-state index < -0.39 is 12.1 Å². The normalized spacial score (nSPS) is 30.8. The van der Waals surface area contributed by atoms with Gasteiger partial charge in [0, 0.05) is 12.6 Å². The van der Waals surface area contributed by atoms with Gasteiger partial charge in [-0.3, -0.25) is 0 Å². The lowest BCUT2D eigenvalue weighted by atomic mass is 9.85. The Labute approximate surface area is 129 Å². The highest BCUT2D eigenvalue weighted by atomic mass is 19.4. The zero-order chi connectivity index (χ0) is 16.2. The van der Waals surface area contributed by atoms with Crippen LogP contribution in [0.2, 0.25) is 0 Å². The molecule has 2 N–H and O–H groups in total. The molecule has 0 aromatic rings. The summed E-state index contributed by atoms with van der Waals surface area (Å²) in [5.41, 5.74) is 0. The predicted octanol–water partition coefficient (Wildman–Crippen LogP) is 3.36. The number of carbonyl (C=O) groups excluding carboxylic acids is 1. The highest BCUT2D eigenvalue weighted by Crippen LogP contribution is 2.37. The molecule has 1 aliphatic carbocycles. The van der Waals surface area contributed by atoms with Crippen LogP contribution in [0.1, 0.15) is 51.9 Å². The second-order valence-electron chi connectivity index (χ2n) is 6.27. The Bertz CT molecular complexity index is 362. The maximum absolute atomic E-state index is 12.6. The average molecular weight is 322 g/mol. The summed E-state index contributed by atoms with van der Waals surface area (Å²) in [7, 11) is 0. The Morgan fingerprint density at radius 3 is 2.41 bits per heavy atom. The second-order valence-corrected chi connectivity index (χ2v) is 6.27. The lowest BCUT2D eigenvalue weighted by Gasteiger charge is -2.31. The SMILES string of the molecule is CC[C@H](NC(=O)NC1CCC(C(F)(F)F)CC1)[C@@H]1CCCO1. The van der Waals surface area contributed by atoms with Crippen LogP contribution in [0.5, 0.6) is 0 Å². The summed E-state index contributed by atoms with van der Waals surface area (Å²) in [6, 6.07) is -0.493. The molecular formula is C15H25F3N2O2. The molecule has 7 heteroatoms. The van der Waals surface area contributed by atoms with E-state index >= 15 is 0 Å². The van der Waals surface area contributed by atoms with Crippen LogP contribution in [-0.4, -0.2) is 37.0 Å². The van der Waals surface area contributed by atoms with Gasteiger partial charge in [-0.1, -0.05) is 6.92 Å². The number of halogens is 3. The third kappa shape index (κ3) is 4.76. The number of rotatable bonds is 4.